The van der Waals surface area contributed by atoms with E-state index in [0.29, 0.717) is 12.5 Å². The summed E-state index contributed by atoms with van der Waals surface area (Å²) in [6.45, 7) is 10.6. The lowest BCUT2D eigenvalue weighted by atomic mass is 10.0. The Morgan fingerprint density at radius 1 is 1.16 bits per heavy atom. The van der Waals surface area contributed by atoms with Crippen LogP contribution in [0.1, 0.15) is 69.0 Å². The molecular formula is C24H38IN5O2. The largest absolute Gasteiger partial charge is 0.497 e. The maximum absolute atomic E-state index is 5.43. The van der Waals surface area contributed by atoms with E-state index >= 15 is 0 Å². The third-order valence-electron chi connectivity index (χ3n) is 5.70. The third kappa shape index (κ3) is 7.65. The summed E-state index contributed by atoms with van der Waals surface area (Å²) in [6, 6.07) is 10.7. The van der Waals surface area contributed by atoms with E-state index < -0.39 is 0 Å². The summed E-state index contributed by atoms with van der Waals surface area (Å²) in [6.07, 6.45) is 3.83. The number of halogens is 1. The van der Waals surface area contributed by atoms with Crippen LogP contribution in [-0.2, 0) is 6.54 Å². The summed E-state index contributed by atoms with van der Waals surface area (Å²) in [5.74, 6) is 2.81. The van der Waals surface area contributed by atoms with Crippen LogP contribution in [0.5, 0.6) is 5.75 Å². The van der Waals surface area contributed by atoms with Gasteiger partial charge in [0.15, 0.2) is 11.7 Å². The first kappa shape index (κ1) is 26.4. The number of benzene rings is 1. The van der Waals surface area contributed by atoms with Gasteiger partial charge < -0.3 is 19.9 Å². The molecule has 0 amide bonds. The van der Waals surface area contributed by atoms with E-state index in [1.807, 2.05) is 18.2 Å². The van der Waals surface area contributed by atoms with Gasteiger partial charge in [0.25, 0.3) is 0 Å². The number of rotatable bonds is 9. The molecule has 0 aliphatic carbocycles. The Morgan fingerprint density at radius 2 is 1.88 bits per heavy atom. The number of aromatic nitrogens is 1. The fraction of sp³-hybridized carbons (Fsp3) is 0.583. The van der Waals surface area contributed by atoms with Crippen LogP contribution in [0.25, 0.3) is 0 Å². The van der Waals surface area contributed by atoms with E-state index in [1.54, 1.807) is 7.11 Å². The highest BCUT2D eigenvalue weighted by Crippen LogP contribution is 2.26. The van der Waals surface area contributed by atoms with Crippen molar-refractivity contribution in [2.45, 2.75) is 58.5 Å². The Bertz CT molecular complexity index is 816. The Morgan fingerprint density at radius 3 is 2.47 bits per heavy atom. The van der Waals surface area contributed by atoms with Crippen molar-refractivity contribution < 1.29 is 9.26 Å². The van der Waals surface area contributed by atoms with Crippen LogP contribution < -0.4 is 15.4 Å². The van der Waals surface area contributed by atoms with Gasteiger partial charge in [-0.05, 0) is 56.5 Å². The summed E-state index contributed by atoms with van der Waals surface area (Å²) in [4.78, 5) is 7.29. The minimum absolute atomic E-state index is 0. The summed E-state index contributed by atoms with van der Waals surface area (Å²) < 4.78 is 10.8. The van der Waals surface area contributed by atoms with Gasteiger partial charge in [0.05, 0.1) is 18.8 Å². The summed E-state index contributed by atoms with van der Waals surface area (Å²) >= 11 is 0. The van der Waals surface area contributed by atoms with Gasteiger partial charge in [0.1, 0.15) is 12.3 Å². The molecule has 8 heteroatoms. The molecular weight excluding hydrogens is 517 g/mol. The van der Waals surface area contributed by atoms with Gasteiger partial charge in [-0.1, -0.05) is 37.6 Å². The average Bonchev–Trinajstić information content (AvgIpc) is 3.28. The van der Waals surface area contributed by atoms with Crippen molar-refractivity contribution in [1.82, 2.24) is 20.7 Å². The highest BCUT2D eigenvalue weighted by Gasteiger charge is 2.22. The number of nitrogens with one attached hydrogen (secondary N) is 2. The smallest absolute Gasteiger partial charge is 0.191 e. The lowest BCUT2D eigenvalue weighted by molar-refractivity contribution is 0.164. The minimum atomic E-state index is 0. The number of hydrogen-bond donors (Lipinski definition) is 2. The first-order valence-electron chi connectivity index (χ1n) is 11.5. The first-order chi connectivity index (χ1) is 15.1. The van der Waals surface area contributed by atoms with Crippen LogP contribution in [0.15, 0.2) is 39.8 Å². The van der Waals surface area contributed by atoms with Crippen LogP contribution in [0, 0.1) is 0 Å². The molecule has 2 N–H and O–H groups in total. The normalized spacial score (nSPS) is 15.8. The minimum Gasteiger partial charge on any atom is -0.497 e. The van der Waals surface area contributed by atoms with Crippen LogP contribution in [0.2, 0.25) is 0 Å². The molecule has 1 atom stereocenters. The molecule has 32 heavy (non-hydrogen) atoms. The van der Waals surface area contributed by atoms with Gasteiger partial charge in [-0.3, -0.25) is 4.90 Å². The number of guanidine groups is 1. The molecule has 1 aliphatic heterocycles. The quantitative estimate of drug-likeness (QED) is 0.265. The number of nitrogens with zero attached hydrogens (tertiary/aromatic N) is 3. The molecule has 1 saturated heterocycles. The molecule has 2 aromatic rings. The average molecular weight is 556 g/mol. The molecule has 0 bridgehead atoms. The number of piperidine rings is 1. The highest BCUT2D eigenvalue weighted by molar-refractivity contribution is 14.0. The van der Waals surface area contributed by atoms with Crippen molar-refractivity contribution in [1.29, 1.82) is 0 Å². The molecule has 0 radical (unpaired) electrons. The van der Waals surface area contributed by atoms with Gasteiger partial charge in [0.2, 0.25) is 0 Å². The van der Waals surface area contributed by atoms with Crippen molar-refractivity contribution in [3.8, 4) is 5.75 Å². The standard InChI is InChI=1S/C24H37N5O2.HI/c1-5-25-24(26-16-21-15-22(18(2)3)28-31-21)27-17-23(29-13-7-6-8-14-29)19-9-11-20(30-4)12-10-19;/h9-12,15,18,23H,5-8,13-14,16-17H2,1-4H3,(H2,25,26,27);1H. The van der Waals surface area contributed by atoms with Crippen LogP contribution in [0.4, 0.5) is 0 Å². The number of likely N-dealkylation sites (tertiary alicyclic amines) is 1. The second-order valence-electron chi connectivity index (χ2n) is 8.33. The van der Waals surface area contributed by atoms with Crippen molar-refractivity contribution >= 4 is 29.9 Å². The lowest BCUT2D eigenvalue weighted by Crippen LogP contribution is -2.44. The van der Waals surface area contributed by atoms with Crippen molar-refractivity contribution in [2.24, 2.45) is 4.99 Å². The molecule has 0 saturated carbocycles. The predicted octanol–water partition coefficient (Wildman–Crippen LogP) is 4.71. The molecule has 1 aromatic heterocycles. The molecule has 7 nitrogen and oxygen atoms in total. The number of ether oxygens (including phenoxy) is 1. The number of aliphatic imine (C=N–C) groups is 1. The molecule has 2 heterocycles. The predicted molar refractivity (Wildman–Crippen MR) is 140 cm³/mol. The highest BCUT2D eigenvalue weighted by atomic mass is 127. The monoisotopic (exact) mass is 555 g/mol. The molecule has 1 aromatic carbocycles. The van der Waals surface area contributed by atoms with Gasteiger partial charge >= 0.3 is 0 Å². The van der Waals surface area contributed by atoms with E-state index in [0.717, 1.165) is 49.3 Å². The Hall–Kier alpha value is -1.81. The van der Waals surface area contributed by atoms with Gasteiger partial charge in [-0.2, -0.15) is 0 Å². The number of hydrogen-bond acceptors (Lipinski definition) is 5. The van der Waals surface area contributed by atoms with Gasteiger partial charge in [-0.15, -0.1) is 24.0 Å². The second-order valence-corrected chi connectivity index (χ2v) is 8.33. The van der Waals surface area contributed by atoms with Crippen LogP contribution >= 0.6 is 24.0 Å². The van der Waals surface area contributed by atoms with Gasteiger partial charge in [-0.25, -0.2) is 4.99 Å². The zero-order chi connectivity index (χ0) is 22.1. The second kappa shape index (κ2) is 13.7. The van der Waals surface area contributed by atoms with Gasteiger partial charge in [0, 0.05) is 19.2 Å². The van der Waals surface area contributed by atoms with E-state index in [-0.39, 0.29) is 30.0 Å². The molecule has 0 spiro atoms. The van der Waals surface area contributed by atoms with E-state index in [9.17, 15) is 0 Å². The van der Waals surface area contributed by atoms with Crippen molar-refractivity contribution in [3.63, 3.8) is 0 Å². The summed E-state index contributed by atoms with van der Waals surface area (Å²) in [5, 5.41) is 11.0. The Kier molecular flexibility index (Phi) is 11.3. The topological polar surface area (TPSA) is 74.9 Å². The molecule has 1 aliphatic rings. The zero-order valence-electron chi connectivity index (χ0n) is 19.8. The Labute approximate surface area is 209 Å². The molecule has 3 rings (SSSR count). The van der Waals surface area contributed by atoms with Crippen LogP contribution in [-0.4, -0.2) is 49.3 Å². The molecule has 1 unspecified atom stereocenters. The fourth-order valence-electron chi connectivity index (χ4n) is 3.88. The Balaban J connectivity index is 0.00000363. The van der Waals surface area contributed by atoms with Crippen molar-refractivity contribution in [2.75, 3.05) is 33.3 Å². The molecule has 1 fully saturated rings. The third-order valence-corrected chi connectivity index (χ3v) is 5.70. The maximum Gasteiger partial charge on any atom is 0.191 e. The zero-order valence-corrected chi connectivity index (χ0v) is 22.1. The van der Waals surface area contributed by atoms with E-state index in [4.69, 9.17) is 14.3 Å². The van der Waals surface area contributed by atoms with Crippen LogP contribution in [0.3, 0.4) is 0 Å². The molecule has 178 valence electrons. The van der Waals surface area contributed by atoms with E-state index in [2.05, 4.69) is 53.6 Å². The summed E-state index contributed by atoms with van der Waals surface area (Å²) in [7, 11) is 1.70. The lowest BCUT2D eigenvalue weighted by Gasteiger charge is -2.35. The van der Waals surface area contributed by atoms with Crippen molar-refractivity contribution in [3.05, 3.63) is 47.3 Å². The van der Waals surface area contributed by atoms with E-state index in [1.165, 1.54) is 24.8 Å². The first-order valence-corrected chi connectivity index (χ1v) is 11.5. The maximum atomic E-state index is 5.43. The summed E-state index contributed by atoms with van der Waals surface area (Å²) in [5.41, 5.74) is 2.26. The SMILES string of the molecule is CCNC(=NCc1cc(C(C)C)no1)NCC(c1ccc(OC)cc1)N1CCCCC1.I. The number of methoxy groups -OCH3 is 1. The fourth-order valence-corrected chi connectivity index (χ4v) is 3.88.